The summed E-state index contributed by atoms with van der Waals surface area (Å²) < 4.78 is 13.7. The number of hydrogen-bond acceptors (Lipinski definition) is 2. The molecule has 0 aliphatic rings. The number of halogens is 1. The first-order valence-electron chi connectivity index (χ1n) is 6.18. The normalized spacial score (nSPS) is 11.6. The summed E-state index contributed by atoms with van der Waals surface area (Å²) in [6.07, 6.45) is 1.99. The molecule has 1 rings (SSSR count). The highest BCUT2D eigenvalue weighted by atomic mass is 19.1. The second-order valence-electron chi connectivity index (χ2n) is 5.65. The van der Waals surface area contributed by atoms with E-state index >= 15 is 0 Å². The molecule has 20 heavy (non-hydrogen) atoms. The third-order valence-corrected chi connectivity index (χ3v) is 2.45. The van der Waals surface area contributed by atoms with E-state index in [4.69, 9.17) is 5.11 Å². The lowest BCUT2D eigenvalue weighted by molar-refractivity contribution is -0.131. The SMILES string of the molecule is CC(C)(C)CNC(=O)c1ccc(C=CC(=O)O)c(F)c1. The lowest BCUT2D eigenvalue weighted by Gasteiger charge is -2.18. The summed E-state index contributed by atoms with van der Waals surface area (Å²) in [6.45, 7) is 6.42. The predicted molar refractivity (Wildman–Crippen MR) is 74.9 cm³/mol. The maximum Gasteiger partial charge on any atom is 0.328 e. The lowest BCUT2D eigenvalue weighted by atomic mass is 9.97. The van der Waals surface area contributed by atoms with Gasteiger partial charge in [0.2, 0.25) is 0 Å². The van der Waals surface area contributed by atoms with Crippen LogP contribution in [0.3, 0.4) is 0 Å². The van der Waals surface area contributed by atoms with Crippen LogP contribution in [-0.2, 0) is 4.79 Å². The molecule has 108 valence electrons. The standard InChI is InChI=1S/C15H18FNO3/c1-15(2,3)9-17-14(20)11-5-4-10(12(16)8-11)6-7-13(18)19/h4-8H,9H2,1-3H3,(H,17,20)(H,18,19). The highest BCUT2D eigenvalue weighted by Gasteiger charge is 2.14. The number of aliphatic carboxylic acids is 1. The molecular weight excluding hydrogens is 261 g/mol. The number of carboxylic acids is 1. The predicted octanol–water partition coefficient (Wildman–Crippen LogP) is 2.70. The second-order valence-corrected chi connectivity index (χ2v) is 5.65. The number of carboxylic acid groups (broad SMARTS) is 1. The van der Waals surface area contributed by atoms with Crippen molar-refractivity contribution in [1.29, 1.82) is 0 Å². The van der Waals surface area contributed by atoms with E-state index in [0.29, 0.717) is 6.54 Å². The Labute approximate surface area is 117 Å². The highest BCUT2D eigenvalue weighted by Crippen LogP contribution is 2.14. The first kappa shape index (κ1) is 15.9. The van der Waals surface area contributed by atoms with Crippen LogP contribution in [0.15, 0.2) is 24.3 Å². The van der Waals surface area contributed by atoms with Crippen molar-refractivity contribution in [2.45, 2.75) is 20.8 Å². The minimum atomic E-state index is -1.16. The van der Waals surface area contributed by atoms with Crippen LogP contribution in [0.4, 0.5) is 4.39 Å². The van der Waals surface area contributed by atoms with Crippen molar-refractivity contribution in [1.82, 2.24) is 5.32 Å². The van der Waals surface area contributed by atoms with Crippen LogP contribution in [-0.4, -0.2) is 23.5 Å². The van der Waals surface area contributed by atoms with E-state index in [0.717, 1.165) is 18.2 Å². The lowest BCUT2D eigenvalue weighted by Crippen LogP contribution is -2.32. The van der Waals surface area contributed by atoms with Crippen LogP contribution < -0.4 is 5.32 Å². The molecule has 2 N–H and O–H groups in total. The molecule has 0 saturated heterocycles. The van der Waals surface area contributed by atoms with Gasteiger partial charge in [0.1, 0.15) is 5.82 Å². The van der Waals surface area contributed by atoms with Gasteiger partial charge in [-0.1, -0.05) is 26.8 Å². The second kappa shape index (κ2) is 6.32. The van der Waals surface area contributed by atoms with Gasteiger partial charge in [0.05, 0.1) is 0 Å². The summed E-state index contributed by atoms with van der Waals surface area (Å²) in [5.41, 5.74) is 0.275. The fourth-order valence-corrected chi connectivity index (χ4v) is 1.41. The first-order chi connectivity index (χ1) is 9.19. The number of amides is 1. The molecule has 0 aromatic heterocycles. The fraction of sp³-hybridized carbons (Fsp3) is 0.333. The molecule has 0 spiro atoms. The number of benzene rings is 1. The molecule has 1 aromatic carbocycles. The van der Waals surface area contributed by atoms with Gasteiger partial charge in [0.15, 0.2) is 0 Å². The molecule has 1 aromatic rings. The Kier molecular flexibility index (Phi) is 5.02. The van der Waals surface area contributed by atoms with Crippen molar-refractivity contribution >= 4 is 18.0 Å². The molecule has 5 heteroatoms. The van der Waals surface area contributed by atoms with Crippen LogP contribution in [0, 0.1) is 11.2 Å². The van der Waals surface area contributed by atoms with Gasteiger partial charge in [-0.05, 0) is 23.6 Å². The molecule has 0 aliphatic carbocycles. The smallest absolute Gasteiger partial charge is 0.328 e. The van der Waals surface area contributed by atoms with Crippen LogP contribution >= 0.6 is 0 Å². The molecule has 0 atom stereocenters. The van der Waals surface area contributed by atoms with Gasteiger partial charge in [0.25, 0.3) is 5.91 Å². The number of nitrogens with one attached hydrogen (secondary N) is 1. The minimum Gasteiger partial charge on any atom is -0.478 e. The molecule has 0 saturated carbocycles. The molecule has 0 fully saturated rings. The van der Waals surface area contributed by atoms with Crippen molar-refractivity contribution in [2.24, 2.45) is 5.41 Å². The average molecular weight is 279 g/mol. The summed E-state index contributed by atoms with van der Waals surface area (Å²) in [7, 11) is 0. The molecule has 4 nitrogen and oxygen atoms in total. The van der Waals surface area contributed by atoms with Gasteiger partial charge in [-0.15, -0.1) is 0 Å². The minimum absolute atomic E-state index is 0.0572. The molecule has 1 amide bonds. The fourth-order valence-electron chi connectivity index (χ4n) is 1.41. The molecule has 0 heterocycles. The van der Waals surface area contributed by atoms with E-state index in [1.807, 2.05) is 20.8 Å². The summed E-state index contributed by atoms with van der Waals surface area (Å²) in [5, 5.41) is 11.2. The number of rotatable bonds is 4. The molecular formula is C15H18FNO3. The van der Waals surface area contributed by atoms with Gasteiger partial charge in [-0.2, -0.15) is 0 Å². The molecule has 0 unspecified atom stereocenters. The Hall–Kier alpha value is -2.17. The maximum atomic E-state index is 13.7. The van der Waals surface area contributed by atoms with E-state index in [1.54, 1.807) is 0 Å². The zero-order valence-corrected chi connectivity index (χ0v) is 11.7. The Morgan fingerprint density at radius 3 is 2.50 bits per heavy atom. The van der Waals surface area contributed by atoms with Gasteiger partial charge in [0, 0.05) is 23.7 Å². The summed E-state index contributed by atoms with van der Waals surface area (Å²) in [6, 6.07) is 3.93. The van der Waals surface area contributed by atoms with Crippen LogP contribution in [0.2, 0.25) is 0 Å². The van der Waals surface area contributed by atoms with E-state index < -0.39 is 11.8 Å². The van der Waals surface area contributed by atoms with Crippen LogP contribution in [0.1, 0.15) is 36.7 Å². The van der Waals surface area contributed by atoms with Crippen LogP contribution in [0.5, 0.6) is 0 Å². The van der Waals surface area contributed by atoms with Crippen molar-refractivity contribution in [3.05, 3.63) is 41.2 Å². The summed E-state index contributed by atoms with van der Waals surface area (Å²) >= 11 is 0. The monoisotopic (exact) mass is 279 g/mol. The third kappa shape index (κ3) is 5.22. The van der Waals surface area contributed by atoms with Gasteiger partial charge < -0.3 is 10.4 Å². The van der Waals surface area contributed by atoms with E-state index in [9.17, 15) is 14.0 Å². The quantitative estimate of drug-likeness (QED) is 0.833. The van der Waals surface area contributed by atoms with Crippen molar-refractivity contribution in [3.8, 4) is 0 Å². The molecule has 0 aliphatic heterocycles. The van der Waals surface area contributed by atoms with E-state index in [-0.39, 0.29) is 22.4 Å². The first-order valence-corrected chi connectivity index (χ1v) is 6.18. The van der Waals surface area contributed by atoms with E-state index in [2.05, 4.69) is 5.32 Å². The number of carbonyl (C=O) groups is 2. The maximum absolute atomic E-state index is 13.7. The van der Waals surface area contributed by atoms with E-state index in [1.165, 1.54) is 12.1 Å². The number of carbonyl (C=O) groups excluding carboxylic acids is 1. The zero-order valence-electron chi connectivity index (χ0n) is 11.7. The summed E-state index contributed by atoms with van der Waals surface area (Å²) in [4.78, 5) is 22.2. The Bertz CT molecular complexity index is 545. The molecule has 0 bridgehead atoms. The highest BCUT2D eigenvalue weighted by molar-refractivity contribution is 5.94. The van der Waals surface area contributed by atoms with Gasteiger partial charge >= 0.3 is 5.97 Å². The third-order valence-electron chi connectivity index (χ3n) is 2.45. The van der Waals surface area contributed by atoms with Crippen molar-refractivity contribution < 1.29 is 19.1 Å². The van der Waals surface area contributed by atoms with Crippen LogP contribution in [0.25, 0.3) is 6.08 Å². The zero-order chi connectivity index (χ0) is 15.3. The Morgan fingerprint density at radius 2 is 2.00 bits per heavy atom. The molecule has 0 radical (unpaired) electrons. The number of hydrogen-bond donors (Lipinski definition) is 2. The average Bonchev–Trinajstić information content (AvgIpc) is 2.33. The Balaban J connectivity index is 2.81. The van der Waals surface area contributed by atoms with Crippen molar-refractivity contribution in [2.75, 3.05) is 6.54 Å². The Morgan fingerprint density at radius 1 is 1.35 bits per heavy atom. The summed E-state index contributed by atoms with van der Waals surface area (Å²) in [5.74, 6) is -2.14. The van der Waals surface area contributed by atoms with Gasteiger partial charge in [-0.3, -0.25) is 4.79 Å². The largest absolute Gasteiger partial charge is 0.478 e. The van der Waals surface area contributed by atoms with Crippen molar-refractivity contribution in [3.63, 3.8) is 0 Å². The van der Waals surface area contributed by atoms with Gasteiger partial charge in [-0.25, -0.2) is 9.18 Å². The topological polar surface area (TPSA) is 66.4 Å².